The summed E-state index contributed by atoms with van der Waals surface area (Å²) in [7, 11) is -1.01. The molecule has 0 fully saturated rings. The Morgan fingerprint density at radius 1 is 1.29 bits per heavy atom. The number of hydrogen-bond acceptors (Lipinski definition) is 4. The number of aromatic amines is 1. The number of amides is 2. The summed E-state index contributed by atoms with van der Waals surface area (Å²) in [5.41, 5.74) is 5.15. The summed E-state index contributed by atoms with van der Waals surface area (Å²) in [4.78, 5) is 31.6. The van der Waals surface area contributed by atoms with E-state index in [0.717, 1.165) is 47.0 Å². The number of nitrogens with one attached hydrogen (secondary N) is 3. The van der Waals surface area contributed by atoms with E-state index in [1.165, 1.54) is 0 Å². The van der Waals surface area contributed by atoms with Gasteiger partial charge in [-0.25, -0.2) is 0 Å². The Morgan fingerprint density at radius 3 is 2.81 bits per heavy atom. The number of nitrogens with zero attached hydrogens (tertiary/aromatic N) is 1. The van der Waals surface area contributed by atoms with Gasteiger partial charge in [0.1, 0.15) is 0 Å². The lowest BCUT2D eigenvalue weighted by molar-refractivity contribution is -0.110. The molecule has 31 heavy (non-hydrogen) atoms. The van der Waals surface area contributed by atoms with Crippen LogP contribution in [-0.4, -0.2) is 57.8 Å². The number of hydrogen-bond donors (Lipinski definition) is 3. The van der Waals surface area contributed by atoms with Crippen LogP contribution >= 0.6 is 0 Å². The summed E-state index contributed by atoms with van der Waals surface area (Å²) < 4.78 is 12.2. The van der Waals surface area contributed by atoms with E-state index < -0.39 is 10.8 Å². The van der Waals surface area contributed by atoms with Crippen LogP contribution in [0.5, 0.6) is 0 Å². The smallest absolute Gasteiger partial charge is 0.256 e. The van der Waals surface area contributed by atoms with Crippen molar-refractivity contribution in [2.75, 3.05) is 37.2 Å². The molecule has 2 amide bonds. The molecule has 1 atom stereocenters. The topological polar surface area (TPSA) is 94.3 Å². The van der Waals surface area contributed by atoms with Crippen molar-refractivity contribution in [2.24, 2.45) is 0 Å². The lowest BCUT2D eigenvalue weighted by Gasteiger charge is -2.17. The third-order valence-corrected chi connectivity index (χ3v) is 7.45. The van der Waals surface area contributed by atoms with Crippen LogP contribution in [0.25, 0.3) is 11.6 Å². The molecule has 0 radical (unpaired) electrons. The maximum atomic E-state index is 12.7. The number of fused-ring (bicyclic) bond motifs is 3. The normalized spacial score (nSPS) is 18.4. The second-order valence-corrected chi connectivity index (χ2v) is 9.36. The van der Waals surface area contributed by atoms with Gasteiger partial charge in [0.25, 0.3) is 11.8 Å². The standard InChI is InChI=1S/C23H28N4O3S/c1-4-27(5-2)10-9-24-22(28)17-12-15(25-14(17)3)13-18-21-16-8-11-31(30)20(16)7-6-19(21)26-23(18)29/h6-7,12-13,25H,4-5,8-11H2,1-3H3,(H,24,28)(H,26,29). The zero-order chi connectivity index (χ0) is 22.1. The number of aromatic nitrogens is 1. The van der Waals surface area contributed by atoms with Gasteiger partial charge in [0.05, 0.1) is 21.9 Å². The Bertz CT molecular complexity index is 1100. The molecule has 0 saturated carbocycles. The Kier molecular flexibility index (Phi) is 6.11. The summed E-state index contributed by atoms with van der Waals surface area (Å²) in [5.74, 6) is 0.281. The molecule has 7 nitrogen and oxygen atoms in total. The minimum absolute atomic E-state index is 0.127. The lowest BCUT2D eigenvalue weighted by atomic mass is 9.98. The predicted octanol–water partition coefficient (Wildman–Crippen LogP) is 2.55. The Morgan fingerprint density at radius 2 is 2.06 bits per heavy atom. The van der Waals surface area contributed by atoms with Gasteiger partial charge >= 0.3 is 0 Å². The second kappa shape index (κ2) is 8.80. The summed E-state index contributed by atoms with van der Waals surface area (Å²) in [6.45, 7) is 9.35. The number of aryl methyl sites for hydroxylation is 1. The van der Waals surface area contributed by atoms with Crippen LogP contribution < -0.4 is 10.6 Å². The number of benzene rings is 1. The molecule has 3 heterocycles. The lowest BCUT2D eigenvalue weighted by Crippen LogP contribution is -2.34. The van der Waals surface area contributed by atoms with Crippen LogP contribution in [0.3, 0.4) is 0 Å². The zero-order valence-electron chi connectivity index (χ0n) is 18.1. The van der Waals surface area contributed by atoms with Crippen LogP contribution in [0.4, 0.5) is 5.69 Å². The van der Waals surface area contributed by atoms with Gasteiger partial charge in [-0.05, 0) is 56.3 Å². The number of carbonyl (C=O) groups is 2. The first-order valence-electron chi connectivity index (χ1n) is 10.7. The molecule has 8 heteroatoms. The Labute approximate surface area is 184 Å². The van der Waals surface area contributed by atoms with E-state index in [-0.39, 0.29) is 11.8 Å². The van der Waals surface area contributed by atoms with Crippen LogP contribution in [0.1, 0.15) is 46.7 Å². The number of likely N-dealkylation sites (N-methyl/N-ethyl adjacent to an activating group) is 1. The number of H-pyrrole nitrogens is 1. The fourth-order valence-electron chi connectivity index (χ4n) is 4.26. The van der Waals surface area contributed by atoms with Gasteiger partial charge in [-0.1, -0.05) is 13.8 Å². The van der Waals surface area contributed by atoms with E-state index in [0.29, 0.717) is 35.5 Å². The van der Waals surface area contributed by atoms with E-state index in [2.05, 4.69) is 34.4 Å². The first kappa shape index (κ1) is 21.5. The van der Waals surface area contributed by atoms with Crippen LogP contribution in [0, 0.1) is 6.92 Å². The number of carbonyl (C=O) groups excluding carboxylic acids is 2. The molecule has 2 aliphatic heterocycles. The zero-order valence-corrected chi connectivity index (χ0v) is 18.9. The molecule has 0 saturated heterocycles. The number of rotatable bonds is 7. The highest BCUT2D eigenvalue weighted by Crippen LogP contribution is 2.40. The monoisotopic (exact) mass is 440 g/mol. The van der Waals surface area contributed by atoms with Crippen LogP contribution in [0.2, 0.25) is 0 Å². The van der Waals surface area contributed by atoms with Crippen LogP contribution in [-0.2, 0) is 22.0 Å². The number of anilines is 1. The van der Waals surface area contributed by atoms with Crippen molar-refractivity contribution in [1.82, 2.24) is 15.2 Å². The minimum Gasteiger partial charge on any atom is -0.358 e. The van der Waals surface area contributed by atoms with Crippen molar-refractivity contribution in [3.8, 4) is 0 Å². The summed E-state index contributed by atoms with van der Waals surface area (Å²) >= 11 is 0. The maximum Gasteiger partial charge on any atom is 0.256 e. The van der Waals surface area contributed by atoms with E-state index in [1.54, 1.807) is 12.1 Å². The Balaban J connectivity index is 1.57. The molecule has 2 aromatic rings. The average molecular weight is 441 g/mol. The van der Waals surface area contributed by atoms with Gasteiger partial charge in [-0.3, -0.25) is 13.8 Å². The van der Waals surface area contributed by atoms with Crippen LogP contribution in [0.15, 0.2) is 23.1 Å². The summed E-state index contributed by atoms with van der Waals surface area (Å²) in [6.07, 6.45) is 2.48. The molecule has 0 spiro atoms. The highest BCUT2D eigenvalue weighted by atomic mass is 32.2. The molecule has 1 aromatic carbocycles. The maximum absolute atomic E-state index is 12.7. The molecule has 4 rings (SSSR count). The largest absolute Gasteiger partial charge is 0.358 e. The molecule has 0 aliphatic carbocycles. The molecule has 0 bridgehead atoms. The predicted molar refractivity (Wildman–Crippen MR) is 124 cm³/mol. The van der Waals surface area contributed by atoms with Gasteiger partial charge in [0, 0.05) is 46.4 Å². The highest BCUT2D eigenvalue weighted by molar-refractivity contribution is 7.85. The summed E-state index contributed by atoms with van der Waals surface area (Å²) in [6, 6.07) is 5.45. The second-order valence-electron chi connectivity index (χ2n) is 7.82. The van der Waals surface area contributed by atoms with Crippen molar-refractivity contribution < 1.29 is 13.8 Å². The van der Waals surface area contributed by atoms with Crippen molar-refractivity contribution in [1.29, 1.82) is 0 Å². The molecule has 3 N–H and O–H groups in total. The highest BCUT2D eigenvalue weighted by Gasteiger charge is 2.32. The van der Waals surface area contributed by atoms with Gasteiger partial charge < -0.3 is 20.5 Å². The quantitative estimate of drug-likeness (QED) is 0.577. The molecular formula is C23H28N4O3S. The third-order valence-electron chi connectivity index (χ3n) is 6.00. The first-order valence-corrected chi connectivity index (χ1v) is 12.0. The van der Waals surface area contributed by atoms with E-state index in [1.807, 2.05) is 19.1 Å². The third kappa shape index (κ3) is 4.09. The SMILES string of the molecule is CCN(CC)CCNC(=O)c1cc(C=C2C(=O)Nc3ccc4c(c32)CCS4=O)[nH]c1C. The van der Waals surface area contributed by atoms with Gasteiger partial charge in [0.15, 0.2) is 0 Å². The van der Waals surface area contributed by atoms with Crippen molar-refractivity contribution in [2.45, 2.75) is 32.1 Å². The van der Waals surface area contributed by atoms with Crippen molar-refractivity contribution in [3.63, 3.8) is 0 Å². The minimum atomic E-state index is -1.01. The fourth-order valence-corrected chi connectivity index (χ4v) is 5.57. The van der Waals surface area contributed by atoms with E-state index >= 15 is 0 Å². The molecule has 1 unspecified atom stereocenters. The van der Waals surface area contributed by atoms with Crippen molar-refractivity contribution >= 4 is 40.0 Å². The Hall–Kier alpha value is -2.71. The van der Waals surface area contributed by atoms with E-state index in [9.17, 15) is 13.8 Å². The van der Waals surface area contributed by atoms with Gasteiger partial charge in [-0.2, -0.15) is 0 Å². The summed E-state index contributed by atoms with van der Waals surface area (Å²) in [5, 5.41) is 5.88. The molecule has 2 aliphatic rings. The molecule has 164 valence electrons. The fraction of sp³-hybridized carbons (Fsp3) is 0.391. The van der Waals surface area contributed by atoms with Gasteiger partial charge in [0.2, 0.25) is 0 Å². The first-order chi connectivity index (χ1) is 14.9. The van der Waals surface area contributed by atoms with Crippen molar-refractivity contribution in [3.05, 3.63) is 46.3 Å². The molecular weight excluding hydrogens is 412 g/mol. The molecule has 1 aromatic heterocycles. The average Bonchev–Trinajstić information content (AvgIpc) is 3.41. The van der Waals surface area contributed by atoms with E-state index in [4.69, 9.17) is 0 Å². The van der Waals surface area contributed by atoms with Gasteiger partial charge in [-0.15, -0.1) is 0 Å².